The summed E-state index contributed by atoms with van der Waals surface area (Å²) in [6, 6.07) is 0. The van der Waals surface area contributed by atoms with Crippen molar-refractivity contribution < 1.29 is 14.7 Å². The molecule has 0 bridgehead atoms. The van der Waals surface area contributed by atoms with E-state index in [1.165, 1.54) is 0 Å². The van der Waals surface area contributed by atoms with Gasteiger partial charge in [0.25, 0.3) is 0 Å². The zero-order chi connectivity index (χ0) is 18.2. The Kier molecular flexibility index (Phi) is 4.10. The maximum absolute atomic E-state index is 12.4. The van der Waals surface area contributed by atoms with Crippen LogP contribution in [-0.2, 0) is 9.59 Å². The van der Waals surface area contributed by atoms with Crippen molar-refractivity contribution in [3.8, 4) is 0 Å². The van der Waals surface area contributed by atoms with Crippen LogP contribution in [0.2, 0.25) is 0 Å². The Morgan fingerprint density at radius 3 is 2.56 bits per heavy atom. The first-order chi connectivity index (χ1) is 11.6. The van der Waals surface area contributed by atoms with E-state index in [1.54, 1.807) is 6.92 Å². The van der Waals surface area contributed by atoms with Gasteiger partial charge in [-0.05, 0) is 74.5 Å². The van der Waals surface area contributed by atoms with Crippen LogP contribution in [0.1, 0.15) is 72.1 Å². The highest BCUT2D eigenvalue weighted by Gasteiger charge is 2.69. The second-order valence-corrected chi connectivity index (χ2v) is 11.0. The molecule has 140 valence electrons. The minimum Gasteiger partial charge on any atom is -0.380 e. The molecule has 0 spiro atoms. The summed E-state index contributed by atoms with van der Waals surface area (Å²) >= 11 is 3.68. The number of alkyl halides is 1. The maximum Gasteiger partial charge on any atom is 0.163 e. The average Bonchev–Trinajstić information content (AvgIpc) is 2.77. The van der Waals surface area contributed by atoms with E-state index >= 15 is 0 Å². The second-order valence-electron chi connectivity index (χ2n) is 9.88. The average molecular weight is 411 g/mol. The van der Waals surface area contributed by atoms with Crippen LogP contribution in [0.15, 0.2) is 0 Å². The minimum absolute atomic E-state index is 0.0824. The smallest absolute Gasteiger partial charge is 0.163 e. The largest absolute Gasteiger partial charge is 0.380 e. The third-order valence-corrected chi connectivity index (χ3v) is 10.2. The molecule has 0 aromatic heterocycles. The number of carbonyl (C=O) groups is 2. The minimum atomic E-state index is -1.23. The summed E-state index contributed by atoms with van der Waals surface area (Å²) in [5.74, 6) is 2.55. The number of rotatable bonds is 1. The van der Waals surface area contributed by atoms with Crippen LogP contribution in [0.25, 0.3) is 0 Å². The van der Waals surface area contributed by atoms with Crippen molar-refractivity contribution in [2.75, 3.05) is 0 Å². The Hall–Kier alpha value is -0.220. The molecule has 0 heterocycles. The summed E-state index contributed by atoms with van der Waals surface area (Å²) in [6.07, 6.45) is 7.77. The Bertz CT molecular complexity index is 618. The first kappa shape index (κ1) is 18.2. The van der Waals surface area contributed by atoms with Crippen LogP contribution in [0.3, 0.4) is 0 Å². The second kappa shape index (κ2) is 5.64. The molecule has 0 aliphatic heterocycles. The van der Waals surface area contributed by atoms with Crippen molar-refractivity contribution in [3.63, 3.8) is 0 Å². The highest BCUT2D eigenvalue weighted by Crippen LogP contribution is 2.68. The lowest BCUT2D eigenvalue weighted by molar-refractivity contribution is -0.168. The fourth-order valence-electron chi connectivity index (χ4n) is 7.65. The third-order valence-electron chi connectivity index (χ3n) is 9.19. The summed E-state index contributed by atoms with van der Waals surface area (Å²) < 4.78 is 0. The molecule has 0 aromatic rings. The molecule has 25 heavy (non-hydrogen) atoms. The Morgan fingerprint density at radius 2 is 1.88 bits per heavy atom. The zero-order valence-corrected chi connectivity index (χ0v) is 17.3. The van der Waals surface area contributed by atoms with Crippen LogP contribution >= 0.6 is 15.9 Å². The van der Waals surface area contributed by atoms with Crippen molar-refractivity contribution in [1.29, 1.82) is 0 Å². The lowest BCUT2D eigenvalue weighted by Crippen LogP contribution is -2.59. The molecule has 0 unspecified atom stereocenters. The fourth-order valence-corrected chi connectivity index (χ4v) is 8.90. The summed E-state index contributed by atoms with van der Waals surface area (Å²) in [7, 11) is 0. The van der Waals surface area contributed by atoms with Gasteiger partial charge in [0.05, 0.1) is 4.83 Å². The molecule has 4 rings (SSSR count). The van der Waals surface area contributed by atoms with Crippen molar-refractivity contribution in [2.45, 2.75) is 82.6 Å². The van der Waals surface area contributed by atoms with Gasteiger partial charge in [-0.1, -0.05) is 29.8 Å². The van der Waals surface area contributed by atoms with Gasteiger partial charge in [-0.3, -0.25) is 9.59 Å². The molecule has 4 saturated carbocycles. The Morgan fingerprint density at radius 1 is 1.16 bits per heavy atom. The number of hydrogen-bond acceptors (Lipinski definition) is 3. The highest BCUT2D eigenvalue weighted by molar-refractivity contribution is 9.09. The van der Waals surface area contributed by atoms with Gasteiger partial charge < -0.3 is 5.11 Å². The van der Waals surface area contributed by atoms with E-state index in [-0.39, 0.29) is 21.4 Å². The van der Waals surface area contributed by atoms with Gasteiger partial charge in [0.1, 0.15) is 11.4 Å². The lowest BCUT2D eigenvalue weighted by Gasteiger charge is -2.60. The van der Waals surface area contributed by atoms with Crippen molar-refractivity contribution in [3.05, 3.63) is 0 Å². The number of carbonyl (C=O) groups excluding carboxylic acids is 2. The van der Waals surface area contributed by atoms with E-state index < -0.39 is 5.60 Å². The molecule has 4 aliphatic carbocycles. The number of ketones is 2. The third kappa shape index (κ3) is 2.19. The standard InChI is InChI=1S/C21H31BrO3/c1-12(23)21(25)18(22)11-17-15-5-4-13-10-14(24)6-8-19(13,2)16(15)7-9-20(17,21)3/h13,15-18,25H,4-11H2,1-3H3/t13-,15-,16+,17-,18-,19-,20-,21+/m0/s1. The van der Waals surface area contributed by atoms with Gasteiger partial charge in [-0.2, -0.15) is 0 Å². The first-order valence-electron chi connectivity index (χ1n) is 10.0. The predicted octanol–water partition coefficient (Wildman–Crippen LogP) is 4.29. The number of Topliss-reactive ketones (excluding diaryl/α,β-unsaturated/α-hetero) is 2. The van der Waals surface area contributed by atoms with Crippen LogP contribution in [0.4, 0.5) is 0 Å². The molecular weight excluding hydrogens is 380 g/mol. The van der Waals surface area contributed by atoms with Gasteiger partial charge in [-0.15, -0.1) is 0 Å². The van der Waals surface area contributed by atoms with Crippen molar-refractivity contribution in [2.24, 2.45) is 34.5 Å². The highest BCUT2D eigenvalue weighted by atomic mass is 79.9. The van der Waals surface area contributed by atoms with Gasteiger partial charge in [-0.25, -0.2) is 0 Å². The van der Waals surface area contributed by atoms with E-state index in [2.05, 4.69) is 29.8 Å². The molecule has 4 aliphatic rings. The molecule has 3 nitrogen and oxygen atoms in total. The summed E-state index contributed by atoms with van der Waals surface area (Å²) in [4.78, 5) is 24.3. The van der Waals surface area contributed by atoms with Crippen LogP contribution in [-0.4, -0.2) is 27.1 Å². The molecule has 0 radical (unpaired) electrons. The Balaban J connectivity index is 1.68. The van der Waals surface area contributed by atoms with E-state index in [0.717, 1.165) is 51.4 Å². The molecule has 0 aromatic carbocycles. The molecule has 0 amide bonds. The normalized spacial score (nSPS) is 55.2. The van der Waals surface area contributed by atoms with E-state index in [9.17, 15) is 14.7 Å². The summed E-state index contributed by atoms with van der Waals surface area (Å²) in [5, 5.41) is 11.4. The van der Waals surface area contributed by atoms with E-state index in [4.69, 9.17) is 0 Å². The molecular formula is C21H31BrO3. The predicted molar refractivity (Wildman–Crippen MR) is 100 cm³/mol. The zero-order valence-electron chi connectivity index (χ0n) is 15.7. The summed E-state index contributed by atoms with van der Waals surface area (Å²) in [6.45, 7) is 6.15. The number of aliphatic hydroxyl groups is 1. The summed E-state index contributed by atoms with van der Waals surface area (Å²) in [5.41, 5.74) is -1.28. The molecule has 8 atom stereocenters. The van der Waals surface area contributed by atoms with Crippen LogP contribution in [0.5, 0.6) is 0 Å². The van der Waals surface area contributed by atoms with Crippen LogP contribution < -0.4 is 0 Å². The quantitative estimate of drug-likeness (QED) is 0.655. The molecule has 0 saturated heterocycles. The lowest BCUT2D eigenvalue weighted by atomic mass is 9.44. The first-order valence-corrected chi connectivity index (χ1v) is 11.0. The molecule has 4 fully saturated rings. The van der Waals surface area contributed by atoms with Gasteiger partial charge in [0.15, 0.2) is 5.78 Å². The van der Waals surface area contributed by atoms with Gasteiger partial charge in [0, 0.05) is 18.3 Å². The Labute approximate surface area is 159 Å². The molecule has 4 heteroatoms. The van der Waals surface area contributed by atoms with E-state index in [0.29, 0.717) is 29.5 Å². The number of halogens is 1. The van der Waals surface area contributed by atoms with Gasteiger partial charge >= 0.3 is 0 Å². The number of hydrogen-bond donors (Lipinski definition) is 1. The fraction of sp³-hybridized carbons (Fsp3) is 0.905. The maximum atomic E-state index is 12.4. The van der Waals surface area contributed by atoms with E-state index in [1.807, 2.05) is 0 Å². The van der Waals surface area contributed by atoms with Crippen molar-refractivity contribution in [1.82, 2.24) is 0 Å². The van der Waals surface area contributed by atoms with Crippen molar-refractivity contribution >= 4 is 27.5 Å². The number of fused-ring (bicyclic) bond motifs is 5. The topological polar surface area (TPSA) is 54.4 Å². The SMILES string of the molecule is CC(=O)[C@@]1(O)[C@@H](Br)C[C@H]2[C@H]3CC[C@H]4CC(=O)CC[C@]4(C)[C@@H]3CC[C@@]21C. The van der Waals surface area contributed by atoms with Gasteiger partial charge in [0.2, 0.25) is 0 Å². The monoisotopic (exact) mass is 410 g/mol. The molecule has 1 N–H and O–H groups in total. The van der Waals surface area contributed by atoms with Crippen LogP contribution in [0, 0.1) is 34.5 Å².